The highest BCUT2D eigenvalue weighted by Crippen LogP contribution is 2.30. The van der Waals surface area contributed by atoms with Gasteiger partial charge in [-0.25, -0.2) is 9.59 Å². The van der Waals surface area contributed by atoms with Gasteiger partial charge in [0.15, 0.2) is 0 Å². The first kappa shape index (κ1) is 27.2. The van der Waals surface area contributed by atoms with Crippen LogP contribution in [-0.4, -0.2) is 65.0 Å². The summed E-state index contributed by atoms with van der Waals surface area (Å²) in [5.41, 5.74) is -1.84. The average Bonchev–Trinajstić information content (AvgIpc) is 2.93. The molecule has 0 bridgehead atoms. The largest absolute Gasteiger partial charge is 0.460 e. The minimum atomic E-state index is -0.680. The van der Waals surface area contributed by atoms with Crippen LogP contribution in [0.2, 0.25) is 0 Å². The van der Waals surface area contributed by atoms with Gasteiger partial charge in [0.1, 0.15) is 22.8 Å². The number of likely N-dealkylation sites (tertiary alicyclic amines) is 1. The van der Waals surface area contributed by atoms with Crippen LogP contribution in [-0.2, 0) is 28.5 Å². The van der Waals surface area contributed by atoms with E-state index in [2.05, 4.69) is 0 Å². The number of hydrogen-bond donors (Lipinski definition) is 0. The molecule has 8 heteroatoms. The van der Waals surface area contributed by atoms with Crippen LogP contribution in [0.25, 0.3) is 0 Å². The molecule has 1 aliphatic heterocycles. The molecule has 1 fully saturated rings. The normalized spacial score (nSPS) is 19.8. The number of hydrogen-bond acceptors (Lipinski definition) is 7. The lowest BCUT2D eigenvalue weighted by molar-refractivity contribution is -0.161. The number of carbonyl (C=O) groups is 3. The summed E-state index contributed by atoms with van der Waals surface area (Å²) >= 11 is 0. The van der Waals surface area contributed by atoms with Crippen LogP contribution >= 0.6 is 0 Å². The monoisotopic (exact) mass is 443 g/mol. The fraction of sp³-hybridized carbons (Fsp3) is 0.870. The molecule has 180 valence electrons. The predicted octanol–water partition coefficient (Wildman–Crippen LogP) is 4.23. The van der Waals surface area contributed by atoms with E-state index in [9.17, 15) is 14.4 Å². The molecule has 0 spiro atoms. The zero-order valence-corrected chi connectivity index (χ0v) is 20.7. The first-order valence-corrected chi connectivity index (χ1v) is 11.0. The van der Waals surface area contributed by atoms with E-state index in [0.29, 0.717) is 25.9 Å². The Balaban J connectivity index is 2.67. The van der Waals surface area contributed by atoms with Crippen LogP contribution < -0.4 is 0 Å². The van der Waals surface area contributed by atoms with E-state index in [1.165, 1.54) is 4.90 Å². The minimum Gasteiger partial charge on any atom is -0.460 e. The Morgan fingerprint density at radius 1 is 0.774 bits per heavy atom. The van der Waals surface area contributed by atoms with Gasteiger partial charge in [0.25, 0.3) is 0 Å². The fourth-order valence-corrected chi connectivity index (χ4v) is 3.23. The van der Waals surface area contributed by atoms with Gasteiger partial charge >= 0.3 is 18.0 Å². The molecule has 2 atom stereocenters. The molecule has 1 aliphatic rings. The third-order valence-electron chi connectivity index (χ3n) is 4.25. The Bertz CT molecular complexity index is 625. The lowest BCUT2D eigenvalue weighted by Crippen LogP contribution is -2.49. The molecule has 0 aromatic rings. The van der Waals surface area contributed by atoms with Crippen molar-refractivity contribution in [2.24, 2.45) is 0 Å². The smallest absolute Gasteiger partial charge is 0.411 e. The summed E-state index contributed by atoms with van der Waals surface area (Å²) in [5.74, 6) is -0.736. The van der Waals surface area contributed by atoms with Crippen molar-refractivity contribution >= 4 is 18.0 Å². The van der Waals surface area contributed by atoms with Crippen molar-refractivity contribution in [2.45, 2.75) is 117 Å². The quantitative estimate of drug-likeness (QED) is 0.330. The second-order valence-electron chi connectivity index (χ2n) is 10.9. The van der Waals surface area contributed by atoms with Crippen molar-refractivity contribution in [2.75, 3.05) is 13.2 Å². The standard InChI is InChI=1S/C23H41NO7/c1-21(2,3)29-18(25)13-15-28-14-12-16-10-11-17(19(26)30-22(4,5)6)24(16)20(27)31-23(7,8)9/h16-17H,10-15H2,1-9H3/t16-,17-/m0/s1. The van der Waals surface area contributed by atoms with Crippen molar-refractivity contribution < 1.29 is 33.3 Å². The third kappa shape index (κ3) is 10.8. The molecular weight excluding hydrogens is 402 g/mol. The SMILES string of the molecule is CC(C)(C)OC(=O)CCOCC[C@@H]1CC[C@@H](C(=O)OC(C)(C)C)N1C(=O)OC(C)(C)C. The molecule has 1 heterocycles. The van der Waals surface area contributed by atoms with Crippen LogP contribution in [0.1, 0.15) is 88.0 Å². The summed E-state index contributed by atoms with van der Waals surface area (Å²) in [6.45, 7) is 16.8. The fourth-order valence-electron chi connectivity index (χ4n) is 3.23. The zero-order chi connectivity index (χ0) is 24.0. The molecule has 0 unspecified atom stereocenters. The van der Waals surface area contributed by atoms with Crippen molar-refractivity contribution in [3.05, 3.63) is 0 Å². The van der Waals surface area contributed by atoms with Crippen LogP contribution in [0, 0.1) is 0 Å². The van der Waals surface area contributed by atoms with E-state index in [-0.39, 0.29) is 25.0 Å². The van der Waals surface area contributed by atoms with Crippen molar-refractivity contribution in [1.82, 2.24) is 4.90 Å². The molecule has 0 radical (unpaired) electrons. The second kappa shape index (κ2) is 10.7. The molecule has 0 N–H and O–H groups in total. The van der Waals surface area contributed by atoms with E-state index >= 15 is 0 Å². The highest BCUT2D eigenvalue weighted by atomic mass is 16.6. The van der Waals surface area contributed by atoms with E-state index in [0.717, 1.165) is 0 Å². The van der Waals surface area contributed by atoms with Gasteiger partial charge < -0.3 is 18.9 Å². The minimum absolute atomic E-state index is 0.165. The number of ether oxygens (including phenoxy) is 4. The molecule has 8 nitrogen and oxygen atoms in total. The van der Waals surface area contributed by atoms with Crippen LogP contribution in [0.3, 0.4) is 0 Å². The second-order valence-corrected chi connectivity index (χ2v) is 10.9. The summed E-state index contributed by atoms with van der Waals surface area (Å²) in [6.07, 6.45) is 1.33. The predicted molar refractivity (Wildman–Crippen MR) is 117 cm³/mol. The highest BCUT2D eigenvalue weighted by Gasteiger charge is 2.44. The zero-order valence-electron chi connectivity index (χ0n) is 20.7. The van der Waals surface area contributed by atoms with E-state index in [4.69, 9.17) is 18.9 Å². The topological polar surface area (TPSA) is 91.4 Å². The molecule has 1 amide bonds. The Labute approximate surface area is 186 Å². The van der Waals surface area contributed by atoms with Crippen LogP contribution in [0.15, 0.2) is 0 Å². The van der Waals surface area contributed by atoms with Crippen molar-refractivity contribution in [1.29, 1.82) is 0 Å². The number of carbonyl (C=O) groups excluding carboxylic acids is 3. The molecule has 0 saturated carbocycles. The first-order valence-electron chi connectivity index (χ1n) is 11.0. The third-order valence-corrected chi connectivity index (χ3v) is 4.25. The molecule has 1 rings (SSSR count). The van der Waals surface area contributed by atoms with E-state index in [1.807, 2.05) is 20.8 Å². The van der Waals surface area contributed by atoms with Crippen molar-refractivity contribution in [3.63, 3.8) is 0 Å². The van der Waals surface area contributed by atoms with Crippen LogP contribution in [0.5, 0.6) is 0 Å². The summed E-state index contributed by atoms with van der Waals surface area (Å²) in [7, 11) is 0. The summed E-state index contributed by atoms with van der Waals surface area (Å²) < 4.78 is 21.9. The van der Waals surface area contributed by atoms with E-state index < -0.39 is 34.9 Å². The van der Waals surface area contributed by atoms with Crippen molar-refractivity contribution in [3.8, 4) is 0 Å². The van der Waals surface area contributed by atoms with Gasteiger partial charge in [-0.1, -0.05) is 0 Å². The molecule has 31 heavy (non-hydrogen) atoms. The van der Waals surface area contributed by atoms with Gasteiger partial charge in [-0.15, -0.1) is 0 Å². The van der Waals surface area contributed by atoms with Gasteiger partial charge in [-0.2, -0.15) is 0 Å². The lowest BCUT2D eigenvalue weighted by Gasteiger charge is -2.33. The number of esters is 2. The molecule has 0 aromatic carbocycles. The van der Waals surface area contributed by atoms with Gasteiger partial charge in [-0.3, -0.25) is 9.69 Å². The van der Waals surface area contributed by atoms with Gasteiger partial charge in [0, 0.05) is 12.6 Å². The number of nitrogens with zero attached hydrogens (tertiary/aromatic N) is 1. The van der Waals surface area contributed by atoms with Gasteiger partial charge in [0.2, 0.25) is 0 Å². The summed E-state index contributed by atoms with van der Waals surface area (Å²) in [6, 6.07) is -0.880. The molecular formula is C23H41NO7. The molecule has 0 aromatic heterocycles. The van der Waals surface area contributed by atoms with E-state index in [1.54, 1.807) is 41.5 Å². The Morgan fingerprint density at radius 3 is 1.84 bits per heavy atom. The Morgan fingerprint density at radius 2 is 1.32 bits per heavy atom. The lowest BCUT2D eigenvalue weighted by atomic mass is 10.1. The summed E-state index contributed by atoms with van der Waals surface area (Å²) in [4.78, 5) is 38.8. The van der Waals surface area contributed by atoms with Gasteiger partial charge in [0.05, 0.1) is 13.0 Å². The maximum atomic E-state index is 12.9. The Kier molecular flexibility index (Phi) is 9.35. The maximum absolute atomic E-state index is 12.9. The number of amides is 1. The Hall–Kier alpha value is -1.83. The molecule has 1 saturated heterocycles. The van der Waals surface area contributed by atoms with Gasteiger partial charge in [-0.05, 0) is 81.6 Å². The maximum Gasteiger partial charge on any atom is 0.411 e. The first-order chi connectivity index (χ1) is 14.0. The summed E-state index contributed by atoms with van der Waals surface area (Å²) in [5, 5.41) is 0. The average molecular weight is 444 g/mol. The highest BCUT2D eigenvalue weighted by molar-refractivity contribution is 5.82. The van der Waals surface area contributed by atoms with Crippen LogP contribution in [0.4, 0.5) is 4.79 Å². The molecule has 0 aliphatic carbocycles. The number of rotatable bonds is 7.